The average molecular weight is 369 g/mol. The van der Waals surface area contributed by atoms with Crippen LogP contribution in [0, 0.1) is 11.3 Å². The summed E-state index contributed by atoms with van der Waals surface area (Å²) in [6, 6.07) is 11.7. The van der Waals surface area contributed by atoms with E-state index < -0.39 is 20.6 Å². The van der Waals surface area contributed by atoms with Crippen LogP contribution in [0.3, 0.4) is 0 Å². The standard InChI is InChI=1S/C13H11N3O6S2/c14-8-10-7-12(22-24(16,19)20)5-6-13(10)9-1-3-11(4-2-9)21-23(15,17)18/h1-7H,(H2,15,17,18)(H2,16,19,20). The Kier molecular flexibility index (Phi) is 4.76. The van der Waals surface area contributed by atoms with E-state index in [1.807, 2.05) is 6.07 Å². The van der Waals surface area contributed by atoms with Crippen molar-refractivity contribution < 1.29 is 25.2 Å². The van der Waals surface area contributed by atoms with Gasteiger partial charge in [0.1, 0.15) is 11.5 Å². The Bertz CT molecular complexity index is 1010. The number of nitriles is 1. The van der Waals surface area contributed by atoms with Gasteiger partial charge in [-0.15, -0.1) is 0 Å². The zero-order chi connectivity index (χ0) is 18.0. The largest absolute Gasteiger partial charge is 0.380 e. The van der Waals surface area contributed by atoms with Crippen LogP contribution in [0.4, 0.5) is 0 Å². The van der Waals surface area contributed by atoms with Gasteiger partial charge in [-0.3, -0.25) is 0 Å². The molecule has 0 atom stereocenters. The first-order valence-electron chi connectivity index (χ1n) is 6.16. The van der Waals surface area contributed by atoms with Crippen LogP contribution in [0.5, 0.6) is 11.5 Å². The third-order valence-electron chi connectivity index (χ3n) is 2.70. The molecule has 0 aliphatic heterocycles. The Morgan fingerprint density at radius 2 is 1.33 bits per heavy atom. The van der Waals surface area contributed by atoms with E-state index in [9.17, 15) is 22.1 Å². The maximum atomic E-state index is 10.9. The molecule has 0 aromatic heterocycles. The molecule has 11 heteroatoms. The van der Waals surface area contributed by atoms with Crippen molar-refractivity contribution in [2.75, 3.05) is 0 Å². The van der Waals surface area contributed by atoms with E-state index in [-0.39, 0.29) is 17.1 Å². The first kappa shape index (κ1) is 17.7. The summed E-state index contributed by atoms with van der Waals surface area (Å²) in [5.74, 6) is -0.0964. The first-order valence-corrected chi connectivity index (χ1v) is 9.11. The molecule has 0 aliphatic rings. The molecule has 0 unspecified atom stereocenters. The van der Waals surface area contributed by atoms with Crippen molar-refractivity contribution in [2.24, 2.45) is 10.3 Å². The molecule has 0 radical (unpaired) electrons. The van der Waals surface area contributed by atoms with Crippen molar-refractivity contribution in [1.82, 2.24) is 0 Å². The van der Waals surface area contributed by atoms with E-state index >= 15 is 0 Å². The minimum Gasteiger partial charge on any atom is -0.371 e. The number of hydrogen-bond acceptors (Lipinski definition) is 7. The summed E-state index contributed by atoms with van der Waals surface area (Å²) in [6.07, 6.45) is 0. The maximum absolute atomic E-state index is 10.9. The topological polar surface area (TPSA) is 163 Å². The van der Waals surface area contributed by atoms with Crippen molar-refractivity contribution in [3.05, 3.63) is 48.0 Å². The molecule has 2 rings (SSSR count). The molecule has 0 saturated heterocycles. The third-order valence-corrected chi connectivity index (χ3v) is 3.55. The van der Waals surface area contributed by atoms with Crippen LogP contribution >= 0.6 is 0 Å². The van der Waals surface area contributed by atoms with Crippen molar-refractivity contribution in [3.63, 3.8) is 0 Å². The fourth-order valence-electron chi connectivity index (χ4n) is 1.88. The normalized spacial score (nSPS) is 11.5. The number of nitrogens with zero attached hydrogens (tertiary/aromatic N) is 1. The molecule has 0 bridgehead atoms. The van der Waals surface area contributed by atoms with E-state index in [2.05, 4.69) is 8.37 Å². The molecule has 4 N–H and O–H groups in total. The summed E-state index contributed by atoms with van der Waals surface area (Å²) in [4.78, 5) is 0. The van der Waals surface area contributed by atoms with Gasteiger partial charge in [0.15, 0.2) is 0 Å². The fraction of sp³-hybridized carbons (Fsp3) is 0. The van der Waals surface area contributed by atoms with Crippen LogP contribution in [-0.4, -0.2) is 16.8 Å². The zero-order valence-electron chi connectivity index (χ0n) is 11.9. The summed E-state index contributed by atoms with van der Waals surface area (Å²) in [6.45, 7) is 0. The quantitative estimate of drug-likeness (QED) is 0.769. The van der Waals surface area contributed by atoms with Gasteiger partial charge < -0.3 is 8.37 Å². The van der Waals surface area contributed by atoms with Gasteiger partial charge in [-0.2, -0.15) is 32.4 Å². The van der Waals surface area contributed by atoms with Crippen LogP contribution < -0.4 is 18.6 Å². The number of nitrogens with two attached hydrogens (primary N) is 2. The van der Waals surface area contributed by atoms with Gasteiger partial charge in [0, 0.05) is 6.07 Å². The summed E-state index contributed by atoms with van der Waals surface area (Å²) >= 11 is 0. The van der Waals surface area contributed by atoms with Crippen molar-refractivity contribution in [3.8, 4) is 28.7 Å². The monoisotopic (exact) mass is 369 g/mol. The minimum atomic E-state index is -4.20. The second-order valence-electron chi connectivity index (χ2n) is 4.50. The summed E-state index contributed by atoms with van der Waals surface area (Å²) in [5.41, 5.74) is 1.17. The highest BCUT2D eigenvalue weighted by atomic mass is 32.2. The third kappa shape index (κ3) is 4.93. The highest BCUT2D eigenvalue weighted by Crippen LogP contribution is 2.29. The lowest BCUT2D eigenvalue weighted by Gasteiger charge is -2.08. The number of hydrogen-bond donors (Lipinski definition) is 2. The Morgan fingerprint density at radius 3 is 1.83 bits per heavy atom. The molecule has 0 saturated carbocycles. The second-order valence-corrected chi connectivity index (χ2v) is 6.80. The molecular formula is C13H11N3O6S2. The highest BCUT2D eigenvalue weighted by molar-refractivity contribution is 7.85. The van der Waals surface area contributed by atoms with Gasteiger partial charge in [-0.1, -0.05) is 12.1 Å². The lowest BCUT2D eigenvalue weighted by molar-refractivity contribution is 0.485. The average Bonchev–Trinajstić information content (AvgIpc) is 2.45. The van der Waals surface area contributed by atoms with Gasteiger partial charge >= 0.3 is 20.6 Å². The van der Waals surface area contributed by atoms with Gasteiger partial charge in [0.25, 0.3) is 0 Å². The van der Waals surface area contributed by atoms with E-state index in [4.69, 9.17) is 10.3 Å². The second kappa shape index (κ2) is 6.46. The summed E-state index contributed by atoms with van der Waals surface area (Å²) in [5, 5.41) is 18.7. The molecule has 0 spiro atoms. The van der Waals surface area contributed by atoms with Crippen molar-refractivity contribution >= 4 is 20.6 Å². The summed E-state index contributed by atoms with van der Waals surface area (Å²) in [7, 11) is -8.33. The van der Waals surface area contributed by atoms with Gasteiger partial charge in [0.2, 0.25) is 0 Å². The van der Waals surface area contributed by atoms with Gasteiger partial charge in [-0.25, -0.2) is 0 Å². The molecule has 24 heavy (non-hydrogen) atoms. The molecule has 9 nitrogen and oxygen atoms in total. The lowest BCUT2D eigenvalue weighted by Crippen LogP contribution is -2.19. The predicted octanol–water partition coefficient (Wildman–Crippen LogP) is 0.390. The molecular weight excluding hydrogens is 358 g/mol. The lowest BCUT2D eigenvalue weighted by atomic mass is 10.00. The molecule has 2 aromatic carbocycles. The van der Waals surface area contributed by atoms with E-state index in [1.165, 1.54) is 42.5 Å². The Balaban J connectivity index is 2.37. The van der Waals surface area contributed by atoms with Gasteiger partial charge in [0.05, 0.1) is 11.6 Å². The maximum Gasteiger partial charge on any atom is 0.380 e. The number of benzene rings is 2. The molecule has 0 heterocycles. The molecule has 2 aromatic rings. The Hall–Kier alpha value is -2.65. The van der Waals surface area contributed by atoms with Crippen LogP contribution in [0.2, 0.25) is 0 Å². The smallest absolute Gasteiger partial charge is 0.371 e. The zero-order valence-corrected chi connectivity index (χ0v) is 13.5. The van der Waals surface area contributed by atoms with Crippen molar-refractivity contribution in [1.29, 1.82) is 5.26 Å². The van der Waals surface area contributed by atoms with E-state index in [1.54, 1.807) is 0 Å². The molecule has 0 aliphatic carbocycles. The Morgan fingerprint density at radius 1 is 0.833 bits per heavy atom. The predicted molar refractivity (Wildman–Crippen MR) is 84.1 cm³/mol. The molecule has 0 fully saturated rings. The van der Waals surface area contributed by atoms with E-state index in [0.717, 1.165) is 0 Å². The van der Waals surface area contributed by atoms with Crippen LogP contribution in [-0.2, 0) is 20.6 Å². The van der Waals surface area contributed by atoms with Crippen molar-refractivity contribution in [2.45, 2.75) is 0 Å². The van der Waals surface area contributed by atoms with Crippen LogP contribution in [0.1, 0.15) is 5.56 Å². The molecule has 126 valence electrons. The number of rotatable bonds is 5. The Labute approximate surface area is 138 Å². The van der Waals surface area contributed by atoms with Crippen LogP contribution in [0.15, 0.2) is 42.5 Å². The van der Waals surface area contributed by atoms with Crippen LogP contribution in [0.25, 0.3) is 11.1 Å². The van der Waals surface area contributed by atoms with Gasteiger partial charge in [-0.05, 0) is 35.4 Å². The fourth-order valence-corrected chi connectivity index (χ4v) is 2.63. The van der Waals surface area contributed by atoms with E-state index in [0.29, 0.717) is 11.1 Å². The molecule has 0 amide bonds. The minimum absolute atomic E-state index is 0.00827. The first-order chi connectivity index (χ1) is 11.1. The highest BCUT2D eigenvalue weighted by Gasteiger charge is 2.11. The summed E-state index contributed by atoms with van der Waals surface area (Å²) < 4.78 is 52.5. The SMILES string of the molecule is N#Cc1cc(OS(N)(=O)=O)ccc1-c1ccc(OS(N)(=O)=O)cc1.